The average Bonchev–Trinajstić information content (AvgIpc) is 3.48. The summed E-state index contributed by atoms with van der Waals surface area (Å²) in [6.07, 6.45) is 2.06. The van der Waals surface area contributed by atoms with Crippen molar-refractivity contribution < 1.29 is 9.26 Å². The van der Waals surface area contributed by atoms with Gasteiger partial charge in [-0.15, -0.1) is 0 Å². The molecule has 7 nitrogen and oxygen atoms in total. The molecular formula is C24H25N5O2S. The van der Waals surface area contributed by atoms with Gasteiger partial charge in [-0.25, -0.2) is 9.97 Å². The Morgan fingerprint density at radius 2 is 1.78 bits per heavy atom. The van der Waals surface area contributed by atoms with Gasteiger partial charge in [0.05, 0.1) is 11.2 Å². The number of aromatic nitrogens is 4. The third-order valence-corrected chi connectivity index (χ3v) is 6.23. The Kier molecular flexibility index (Phi) is 5.19. The molecule has 5 aromatic rings. The number of nitrogens with one attached hydrogen (secondary N) is 1. The van der Waals surface area contributed by atoms with E-state index in [4.69, 9.17) is 14.2 Å². The fourth-order valence-electron chi connectivity index (χ4n) is 3.42. The minimum absolute atomic E-state index is 0.0649. The highest BCUT2D eigenvalue weighted by atomic mass is 32.1. The van der Waals surface area contributed by atoms with Crippen molar-refractivity contribution in [3.63, 3.8) is 0 Å². The summed E-state index contributed by atoms with van der Waals surface area (Å²) in [5, 5.41) is 7.29. The summed E-state index contributed by atoms with van der Waals surface area (Å²) < 4.78 is 13.3. The number of hydrogen-bond acceptors (Lipinski definition) is 7. The Labute approximate surface area is 190 Å². The van der Waals surface area contributed by atoms with Gasteiger partial charge in [0.15, 0.2) is 4.96 Å². The van der Waals surface area contributed by atoms with Crippen LogP contribution in [-0.4, -0.2) is 39.7 Å². The molecule has 0 saturated carbocycles. The van der Waals surface area contributed by atoms with E-state index in [9.17, 15) is 0 Å². The van der Waals surface area contributed by atoms with Gasteiger partial charge in [-0.05, 0) is 13.1 Å². The Balaban J connectivity index is 1.40. The first-order chi connectivity index (χ1) is 15.4. The topological polar surface area (TPSA) is 77.5 Å². The highest BCUT2D eigenvalue weighted by Crippen LogP contribution is 2.31. The summed E-state index contributed by atoms with van der Waals surface area (Å²) in [6.45, 7) is 7.71. The zero-order valence-electron chi connectivity index (χ0n) is 18.5. The van der Waals surface area contributed by atoms with Gasteiger partial charge in [0.25, 0.3) is 0 Å². The van der Waals surface area contributed by atoms with Crippen LogP contribution in [0.1, 0.15) is 26.5 Å². The van der Waals surface area contributed by atoms with E-state index in [1.165, 1.54) is 0 Å². The van der Waals surface area contributed by atoms with Crippen LogP contribution >= 0.6 is 11.3 Å². The first-order valence-electron chi connectivity index (χ1n) is 10.6. The first-order valence-corrected chi connectivity index (χ1v) is 11.4. The van der Waals surface area contributed by atoms with E-state index in [0.29, 0.717) is 12.5 Å². The van der Waals surface area contributed by atoms with Crippen LogP contribution < -0.4 is 10.1 Å². The third kappa shape index (κ3) is 3.87. The number of likely N-dealkylation sites (N-methyl/N-ethyl adjacent to an activating group) is 1. The number of imidazole rings is 1. The molecule has 0 spiro atoms. The summed E-state index contributed by atoms with van der Waals surface area (Å²) in [7, 11) is 1.90. The fourth-order valence-corrected chi connectivity index (χ4v) is 4.40. The molecule has 0 aliphatic heterocycles. The van der Waals surface area contributed by atoms with Crippen molar-refractivity contribution >= 4 is 26.6 Å². The van der Waals surface area contributed by atoms with Gasteiger partial charge in [0.1, 0.15) is 22.9 Å². The van der Waals surface area contributed by atoms with Gasteiger partial charge in [-0.1, -0.05) is 61.5 Å². The molecular weight excluding hydrogens is 422 g/mol. The van der Waals surface area contributed by atoms with Crippen molar-refractivity contribution in [2.75, 3.05) is 20.2 Å². The smallest absolute Gasteiger partial charge is 0.214 e. The predicted octanol–water partition coefficient (Wildman–Crippen LogP) is 5.16. The molecule has 0 aliphatic carbocycles. The lowest BCUT2D eigenvalue weighted by Crippen LogP contribution is -2.16. The second-order valence-corrected chi connectivity index (χ2v) is 9.67. The maximum absolute atomic E-state index is 5.68. The summed E-state index contributed by atoms with van der Waals surface area (Å²) in [6, 6.07) is 14.2. The maximum atomic E-state index is 5.68. The van der Waals surface area contributed by atoms with Gasteiger partial charge in [0.2, 0.25) is 5.88 Å². The highest BCUT2D eigenvalue weighted by molar-refractivity contribution is 7.23. The molecule has 164 valence electrons. The molecule has 0 amide bonds. The number of pyridine rings is 1. The number of thiazole rings is 1. The van der Waals surface area contributed by atoms with E-state index in [2.05, 4.69) is 71.1 Å². The molecule has 0 atom stereocenters. The number of benzene rings is 1. The van der Waals surface area contributed by atoms with E-state index in [0.717, 1.165) is 50.1 Å². The molecule has 0 radical (unpaired) electrons. The van der Waals surface area contributed by atoms with Crippen molar-refractivity contribution in [2.45, 2.75) is 26.2 Å². The van der Waals surface area contributed by atoms with Gasteiger partial charge in [-0.3, -0.25) is 4.40 Å². The summed E-state index contributed by atoms with van der Waals surface area (Å²) in [5.41, 5.74) is 4.81. The fraction of sp³-hybridized carbons (Fsp3) is 0.292. The zero-order chi connectivity index (χ0) is 22.3. The van der Waals surface area contributed by atoms with Crippen LogP contribution in [-0.2, 0) is 5.41 Å². The molecule has 0 saturated heterocycles. The van der Waals surface area contributed by atoms with Gasteiger partial charge in [0, 0.05) is 41.4 Å². The summed E-state index contributed by atoms with van der Waals surface area (Å²) in [4.78, 5) is 11.3. The SMILES string of the molecule is CNCCOc1ccc2c(n1)sc1nc(-c3ccc(-c4cc(C(C)(C)C)on4)cc3)cn12. The lowest BCUT2D eigenvalue weighted by molar-refractivity contribution is 0.307. The molecule has 32 heavy (non-hydrogen) atoms. The van der Waals surface area contributed by atoms with Crippen LogP contribution in [0.2, 0.25) is 0 Å². The van der Waals surface area contributed by atoms with Crippen LogP contribution in [0.3, 0.4) is 0 Å². The number of hydrogen-bond donors (Lipinski definition) is 1. The molecule has 8 heteroatoms. The zero-order valence-corrected chi connectivity index (χ0v) is 19.4. The molecule has 0 bridgehead atoms. The Morgan fingerprint density at radius 1 is 1.03 bits per heavy atom. The van der Waals surface area contributed by atoms with Crippen molar-refractivity contribution in [3.05, 3.63) is 54.4 Å². The van der Waals surface area contributed by atoms with E-state index < -0.39 is 0 Å². The number of rotatable bonds is 6. The van der Waals surface area contributed by atoms with Crippen LogP contribution in [0.5, 0.6) is 5.88 Å². The van der Waals surface area contributed by atoms with Gasteiger partial charge >= 0.3 is 0 Å². The summed E-state index contributed by atoms with van der Waals surface area (Å²) >= 11 is 1.56. The molecule has 0 fully saturated rings. The van der Waals surface area contributed by atoms with Crippen LogP contribution in [0.25, 0.3) is 37.8 Å². The van der Waals surface area contributed by atoms with Crippen LogP contribution in [0.15, 0.2) is 53.2 Å². The largest absolute Gasteiger partial charge is 0.476 e. The lowest BCUT2D eigenvalue weighted by atomic mass is 9.93. The lowest BCUT2D eigenvalue weighted by Gasteiger charge is -2.12. The minimum atomic E-state index is -0.0649. The van der Waals surface area contributed by atoms with Crippen molar-refractivity contribution in [2.24, 2.45) is 0 Å². The average molecular weight is 448 g/mol. The van der Waals surface area contributed by atoms with Crippen LogP contribution in [0, 0.1) is 0 Å². The molecule has 1 N–H and O–H groups in total. The maximum Gasteiger partial charge on any atom is 0.214 e. The number of fused-ring (bicyclic) bond motifs is 3. The Bertz CT molecular complexity index is 1380. The molecule has 0 aliphatic rings. The van der Waals surface area contributed by atoms with Gasteiger partial charge in [-0.2, -0.15) is 0 Å². The first kappa shape index (κ1) is 20.7. The molecule has 5 rings (SSSR count). The van der Waals surface area contributed by atoms with Crippen molar-refractivity contribution in [1.29, 1.82) is 0 Å². The highest BCUT2D eigenvalue weighted by Gasteiger charge is 2.20. The number of ether oxygens (including phenoxy) is 1. The minimum Gasteiger partial charge on any atom is -0.476 e. The van der Waals surface area contributed by atoms with Gasteiger partial charge < -0.3 is 14.6 Å². The van der Waals surface area contributed by atoms with Crippen molar-refractivity contribution in [1.82, 2.24) is 24.8 Å². The predicted molar refractivity (Wildman–Crippen MR) is 127 cm³/mol. The molecule has 0 unspecified atom stereocenters. The Morgan fingerprint density at radius 3 is 2.47 bits per heavy atom. The second kappa shape index (κ2) is 8.03. The van der Waals surface area contributed by atoms with E-state index in [1.54, 1.807) is 11.3 Å². The third-order valence-electron chi connectivity index (χ3n) is 5.26. The van der Waals surface area contributed by atoms with E-state index >= 15 is 0 Å². The molecule has 1 aromatic carbocycles. The standard InChI is InChI=1S/C24H25N5O2S/c1-24(2,3)20-13-17(28-31-20)15-5-7-16(8-6-15)18-14-29-19-9-10-21(30-12-11-25-4)27-22(19)32-23(29)26-18/h5-10,13-14,25H,11-12H2,1-4H3. The normalized spacial score (nSPS) is 12.1. The van der Waals surface area contributed by atoms with Crippen molar-refractivity contribution in [3.8, 4) is 28.4 Å². The summed E-state index contributed by atoms with van der Waals surface area (Å²) in [5.74, 6) is 1.51. The monoisotopic (exact) mass is 447 g/mol. The van der Waals surface area contributed by atoms with Crippen LogP contribution in [0.4, 0.5) is 0 Å². The number of nitrogens with zero attached hydrogens (tertiary/aromatic N) is 4. The quantitative estimate of drug-likeness (QED) is 0.362. The molecule has 4 heterocycles. The van der Waals surface area contributed by atoms with E-state index in [1.807, 2.05) is 25.2 Å². The molecule has 4 aromatic heterocycles. The Hall–Kier alpha value is -3.23. The second-order valence-electron chi connectivity index (χ2n) is 8.71. The van der Waals surface area contributed by atoms with E-state index in [-0.39, 0.29) is 5.41 Å².